The van der Waals surface area contributed by atoms with Gasteiger partial charge in [-0.3, -0.25) is 4.90 Å². The second kappa shape index (κ2) is 5.87. The number of amides is 1. The minimum Gasteiger partial charge on any atom is -0.497 e. The van der Waals surface area contributed by atoms with E-state index in [4.69, 9.17) is 14.2 Å². The second-order valence-electron chi connectivity index (χ2n) is 6.09. The van der Waals surface area contributed by atoms with Crippen LogP contribution < -0.4 is 9.64 Å². The van der Waals surface area contributed by atoms with Crippen molar-refractivity contribution in [2.24, 2.45) is 0 Å². The fourth-order valence-electron chi connectivity index (χ4n) is 2.40. The molecule has 0 aromatic heterocycles. The lowest BCUT2D eigenvalue weighted by Crippen LogP contribution is -2.45. The zero-order valence-electron chi connectivity index (χ0n) is 13.5. The van der Waals surface area contributed by atoms with Crippen LogP contribution >= 0.6 is 0 Å². The molecule has 6 nitrogen and oxygen atoms in total. The quantitative estimate of drug-likeness (QED) is 0.786. The summed E-state index contributed by atoms with van der Waals surface area (Å²) in [4.78, 5) is 25.9. The fraction of sp³-hybridized carbons (Fsp3) is 0.500. The Hall–Kier alpha value is -2.24. The maximum absolute atomic E-state index is 12.5. The Morgan fingerprint density at radius 2 is 1.91 bits per heavy atom. The summed E-state index contributed by atoms with van der Waals surface area (Å²) in [6, 6.07) is 4.64. The number of anilines is 1. The van der Waals surface area contributed by atoms with Gasteiger partial charge >= 0.3 is 12.1 Å². The van der Waals surface area contributed by atoms with E-state index in [1.807, 2.05) is 6.07 Å². The number of rotatable bonds is 2. The molecule has 2 rings (SSSR count). The predicted octanol–water partition coefficient (Wildman–Crippen LogP) is 2.53. The van der Waals surface area contributed by atoms with E-state index < -0.39 is 23.7 Å². The highest BCUT2D eigenvalue weighted by atomic mass is 16.6. The van der Waals surface area contributed by atoms with Crippen LogP contribution in [0.4, 0.5) is 10.5 Å². The molecule has 1 amide bonds. The number of benzene rings is 1. The van der Waals surface area contributed by atoms with Gasteiger partial charge < -0.3 is 14.2 Å². The third kappa shape index (κ3) is 3.16. The van der Waals surface area contributed by atoms with E-state index in [9.17, 15) is 9.59 Å². The molecule has 1 aliphatic heterocycles. The van der Waals surface area contributed by atoms with Gasteiger partial charge in [-0.1, -0.05) is 6.07 Å². The highest BCUT2D eigenvalue weighted by Crippen LogP contribution is 2.36. The third-order valence-electron chi connectivity index (χ3n) is 3.34. The Kier molecular flexibility index (Phi) is 4.30. The molecule has 1 atom stereocenters. The van der Waals surface area contributed by atoms with Gasteiger partial charge in [-0.2, -0.15) is 0 Å². The summed E-state index contributed by atoms with van der Waals surface area (Å²) in [7, 11) is 2.85. The van der Waals surface area contributed by atoms with Gasteiger partial charge in [0.2, 0.25) is 0 Å². The van der Waals surface area contributed by atoms with Crippen molar-refractivity contribution in [2.45, 2.75) is 38.8 Å². The highest BCUT2D eigenvalue weighted by Gasteiger charge is 2.41. The van der Waals surface area contributed by atoms with Gasteiger partial charge in [-0.25, -0.2) is 9.59 Å². The normalized spacial score (nSPS) is 17.0. The Balaban J connectivity index is 2.41. The van der Waals surface area contributed by atoms with Gasteiger partial charge in [0.05, 0.1) is 19.9 Å². The van der Waals surface area contributed by atoms with Crippen molar-refractivity contribution in [1.29, 1.82) is 0 Å². The van der Waals surface area contributed by atoms with Crippen molar-refractivity contribution < 1.29 is 23.8 Å². The summed E-state index contributed by atoms with van der Waals surface area (Å²) < 4.78 is 15.4. The molecule has 0 aliphatic carbocycles. The molecule has 1 heterocycles. The molecule has 1 aliphatic rings. The van der Waals surface area contributed by atoms with Gasteiger partial charge in [-0.15, -0.1) is 0 Å². The first-order chi connectivity index (χ1) is 10.3. The molecule has 0 saturated carbocycles. The van der Waals surface area contributed by atoms with Crippen LogP contribution in [0.5, 0.6) is 5.75 Å². The zero-order valence-corrected chi connectivity index (χ0v) is 13.5. The lowest BCUT2D eigenvalue weighted by molar-refractivity contribution is -0.142. The summed E-state index contributed by atoms with van der Waals surface area (Å²) in [5.41, 5.74) is 0.838. The standard InChI is InChI=1S/C16H21NO5/c1-16(2,3)22-15(19)17-12-9-11(20-4)7-6-10(12)8-13(17)14(18)21-5/h6-7,9,13H,8H2,1-5H3. The SMILES string of the molecule is COC(=O)C1Cc2ccc(OC)cc2N1C(=O)OC(C)(C)C. The van der Waals surface area contributed by atoms with Crippen molar-refractivity contribution >= 4 is 17.7 Å². The predicted molar refractivity (Wildman–Crippen MR) is 81.2 cm³/mol. The minimum atomic E-state index is -0.720. The number of hydrogen-bond donors (Lipinski definition) is 0. The average molecular weight is 307 g/mol. The summed E-state index contributed by atoms with van der Waals surface area (Å²) in [5.74, 6) is 0.138. The number of methoxy groups -OCH3 is 2. The van der Waals surface area contributed by atoms with Gasteiger partial charge in [-0.05, 0) is 32.4 Å². The van der Waals surface area contributed by atoms with Crippen LogP contribution in [0, 0.1) is 0 Å². The lowest BCUT2D eigenvalue weighted by atomic mass is 10.1. The molecule has 0 fully saturated rings. The summed E-state index contributed by atoms with van der Waals surface area (Å²) in [6.45, 7) is 5.34. The van der Waals surface area contributed by atoms with Gasteiger partial charge in [0.15, 0.2) is 0 Å². The zero-order chi connectivity index (χ0) is 16.5. The van der Waals surface area contributed by atoms with Gasteiger partial charge in [0, 0.05) is 12.5 Å². The Morgan fingerprint density at radius 1 is 1.23 bits per heavy atom. The van der Waals surface area contributed by atoms with Crippen LogP contribution in [0.3, 0.4) is 0 Å². The largest absolute Gasteiger partial charge is 0.497 e. The number of nitrogens with zero attached hydrogens (tertiary/aromatic N) is 1. The number of carbonyl (C=O) groups excluding carboxylic acids is 2. The molecule has 0 radical (unpaired) electrons. The number of hydrogen-bond acceptors (Lipinski definition) is 5. The number of carbonyl (C=O) groups is 2. The van der Waals surface area contributed by atoms with Crippen molar-refractivity contribution in [3.05, 3.63) is 23.8 Å². The topological polar surface area (TPSA) is 65.1 Å². The third-order valence-corrected chi connectivity index (χ3v) is 3.34. The second-order valence-corrected chi connectivity index (χ2v) is 6.09. The van der Waals surface area contributed by atoms with E-state index in [2.05, 4.69) is 0 Å². The summed E-state index contributed by atoms with van der Waals surface area (Å²) in [6.07, 6.45) is -0.180. The van der Waals surface area contributed by atoms with Crippen LogP contribution in [-0.4, -0.2) is 37.9 Å². The van der Waals surface area contributed by atoms with Crippen LogP contribution in [0.25, 0.3) is 0 Å². The molecule has 1 aromatic carbocycles. The van der Waals surface area contributed by atoms with E-state index in [0.29, 0.717) is 17.9 Å². The molecule has 0 N–H and O–H groups in total. The van der Waals surface area contributed by atoms with Crippen LogP contribution in [0.1, 0.15) is 26.3 Å². The first kappa shape index (κ1) is 16.1. The summed E-state index contributed by atoms with van der Waals surface area (Å²) >= 11 is 0. The number of fused-ring (bicyclic) bond motifs is 1. The highest BCUT2D eigenvalue weighted by molar-refractivity contribution is 5.99. The molecular formula is C16H21NO5. The van der Waals surface area contributed by atoms with Crippen LogP contribution in [-0.2, 0) is 20.7 Å². The summed E-state index contributed by atoms with van der Waals surface area (Å²) in [5, 5.41) is 0. The van der Waals surface area contributed by atoms with Crippen molar-refractivity contribution in [1.82, 2.24) is 0 Å². The van der Waals surface area contributed by atoms with Crippen LogP contribution in [0.15, 0.2) is 18.2 Å². The molecule has 120 valence electrons. The maximum atomic E-state index is 12.5. The Morgan fingerprint density at radius 3 is 2.45 bits per heavy atom. The van der Waals surface area contributed by atoms with E-state index >= 15 is 0 Å². The lowest BCUT2D eigenvalue weighted by Gasteiger charge is -2.28. The average Bonchev–Trinajstić information content (AvgIpc) is 2.82. The molecule has 0 spiro atoms. The van der Waals surface area contributed by atoms with E-state index in [1.165, 1.54) is 12.0 Å². The molecule has 1 unspecified atom stereocenters. The molecule has 6 heteroatoms. The van der Waals surface area contributed by atoms with Crippen molar-refractivity contribution in [3.63, 3.8) is 0 Å². The molecule has 1 aromatic rings. The van der Waals surface area contributed by atoms with Crippen LogP contribution in [0.2, 0.25) is 0 Å². The fourth-order valence-corrected chi connectivity index (χ4v) is 2.40. The number of esters is 1. The van der Waals surface area contributed by atoms with Gasteiger partial charge in [0.25, 0.3) is 0 Å². The van der Waals surface area contributed by atoms with E-state index in [-0.39, 0.29) is 0 Å². The molecule has 0 saturated heterocycles. The Labute approximate surface area is 129 Å². The first-order valence-electron chi connectivity index (χ1n) is 7.04. The maximum Gasteiger partial charge on any atom is 0.415 e. The first-order valence-corrected chi connectivity index (χ1v) is 7.04. The van der Waals surface area contributed by atoms with Crippen molar-refractivity contribution in [2.75, 3.05) is 19.1 Å². The molecular weight excluding hydrogens is 286 g/mol. The Bertz CT molecular complexity index is 591. The van der Waals surface area contributed by atoms with E-state index in [0.717, 1.165) is 5.56 Å². The molecule has 0 bridgehead atoms. The monoisotopic (exact) mass is 307 g/mol. The number of ether oxygens (including phenoxy) is 3. The molecule has 22 heavy (non-hydrogen) atoms. The van der Waals surface area contributed by atoms with E-state index in [1.54, 1.807) is 40.0 Å². The van der Waals surface area contributed by atoms with Crippen molar-refractivity contribution in [3.8, 4) is 5.75 Å². The smallest absolute Gasteiger partial charge is 0.415 e. The van der Waals surface area contributed by atoms with Gasteiger partial charge in [0.1, 0.15) is 17.4 Å². The minimum absolute atomic E-state index is 0.394.